The molecule has 1 amide bonds. The second-order valence-electron chi connectivity index (χ2n) is 5.06. The third-order valence-electron chi connectivity index (χ3n) is 3.69. The average molecular weight is 225 g/mol. The van der Waals surface area contributed by atoms with Crippen molar-refractivity contribution in [2.24, 2.45) is 5.41 Å². The molecule has 0 aromatic heterocycles. The van der Waals surface area contributed by atoms with Crippen molar-refractivity contribution in [3.8, 4) is 0 Å². The molecule has 1 aliphatic heterocycles. The fraction of sp³-hybridized carbons (Fsp3) is 0.833. The lowest BCUT2D eigenvalue weighted by Gasteiger charge is -2.25. The molecule has 2 rings (SSSR count). The van der Waals surface area contributed by atoms with Gasteiger partial charge in [0.1, 0.15) is 0 Å². The van der Waals surface area contributed by atoms with E-state index in [0.717, 1.165) is 38.8 Å². The molecule has 4 nitrogen and oxygen atoms in total. The van der Waals surface area contributed by atoms with Crippen LogP contribution in [0.4, 0.5) is 0 Å². The first-order valence-electron chi connectivity index (χ1n) is 6.15. The van der Waals surface area contributed by atoms with Crippen LogP contribution < -0.4 is 0 Å². The summed E-state index contributed by atoms with van der Waals surface area (Å²) in [6.07, 6.45) is 6.04. The molecule has 0 aromatic carbocycles. The van der Waals surface area contributed by atoms with E-state index in [-0.39, 0.29) is 12.3 Å². The monoisotopic (exact) mass is 225 g/mol. The summed E-state index contributed by atoms with van der Waals surface area (Å²) in [5, 5.41) is 8.82. The number of nitrogens with zero attached hydrogens (tertiary/aromatic N) is 1. The smallest absolute Gasteiger partial charge is 0.304 e. The van der Waals surface area contributed by atoms with Crippen molar-refractivity contribution in [1.82, 2.24) is 4.90 Å². The molecule has 1 aliphatic carbocycles. The van der Waals surface area contributed by atoms with Gasteiger partial charge >= 0.3 is 5.97 Å². The molecule has 0 atom stereocenters. The molecule has 0 radical (unpaired) electrons. The zero-order chi connectivity index (χ0) is 11.6. The Morgan fingerprint density at radius 1 is 1.06 bits per heavy atom. The molecule has 0 spiro atoms. The minimum atomic E-state index is -0.847. The summed E-state index contributed by atoms with van der Waals surface area (Å²) in [6.45, 7) is 1.64. The fourth-order valence-corrected chi connectivity index (χ4v) is 2.52. The lowest BCUT2D eigenvalue weighted by Crippen LogP contribution is -2.38. The first kappa shape index (κ1) is 11.4. The largest absolute Gasteiger partial charge is 0.481 e. The SMILES string of the molecule is O=C(O)CC1(C(=O)N2CCCCCC2)CC1. The molecular weight excluding hydrogens is 206 g/mol. The summed E-state index contributed by atoms with van der Waals surface area (Å²) >= 11 is 0. The summed E-state index contributed by atoms with van der Waals surface area (Å²) in [4.78, 5) is 24.9. The Kier molecular flexibility index (Phi) is 3.17. The molecule has 90 valence electrons. The Balaban J connectivity index is 1.97. The maximum absolute atomic E-state index is 12.2. The van der Waals surface area contributed by atoms with Crippen LogP contribution >= 0.6 is 0 Å². The van der Waals surface area contributed by atoms with Crippen LogP contribution in [0, 0.1) is 5.41 Å². The van der Waals surface area contributed by atoms with Crippen molar-refractivity contribution in [2.45, 2.75) is 44.9 Å². The molecule has 1 saturated carbocycles. The summed E-state index contributed by atoms with van der Waals surface area (Å²) in [7, 11) is 0. The van der Waals surface area contributed by atoms with E-state index in [0.29, 0.717) is 0 Å². The lowest BCUT2D eigenvalue weighted by atomic mass is 10.0. The predicted octanol–water partition coefficient (Wildman–Crippen LogP) is 1.64. The zero-order valence-corrected chi connectivity index (χ0v) is 9.57. The van der Waals surface area contributed by atoms with E-state index in [2.05, 4.69) is 0 Å². The first-order valence-corrected chi connectivity index (χ1v) is 6.15. The molecule has 0 unspecified atom stereocenters. The van der Waals surface area contributed by atoms with Crippen LogP contribution in [-0.2, 0) is 9.59 Å². The van der Waals surface area contributed by atoms with Gasteiger partial charge in [-0.15, -0.1) is 0 Å². The van der Waals surface area contributed by atoms with Crippen molar-refractivity contribution >= 4 is 11.9 Å². The molecular formula is C12H19NO3. The van der Waals surface area contributed by atoms with Crippen LogP contribution in [0.15, 0.2) is 0 Å². The van der Waals surface area contributed by atoms with Gasteiger partial charge in [0.25, 0.3) is 0 Å². The number of likely N-dealkylation sites (tertiary alicyclic amines) is 1. The third kappa shape index (κ3) is 2.36. The Morgan fingerprint density at radius 2 is 1.62 bits per heavy atom. The Morgan fingerprint density at radius 3 is 2.06 bits per heavy atom. The van der Waals surface area contributed by atoms with Gasteiger partial charge in [-0.25, -0.2) is 0 Å². The minimum absolute atomic E-state index is 0.0162. The normalized spacial score (nSPS) is 23.6. The molecule has 2 aliphatic rings. The average Bonchev–Trinajstić information content (AvgIpc) is 3.00. The van der Waals surface area contributed by atoms with E-state index in [1.807, 2.05) is 4.90 Å². The number of hydrogen-bond donors (Lipinski definition) is 1. The van der Waals surface area contributed by atoms with Crippen LogP contribution in [-0.4, -0.2) is 35.0 Å². The highest BCUT2D eigenvalue weighted by atomic mass is 16.4. The van der Waals surface area contributed by atoms with Crippen molar-refractivity contribution in [3.63, 3.8) is 0 Å². The summed E-state index contributed by atoms with van der Waals surface area (Å²) in [6, 6.07) is 0. The number of aliphatic carboxylic acids is 1. The second-order valence-corrected chi connectivity index (χ2v) is 5.06. The number of carbonyl (C=O) groups excluding carboxylic acids is 1. The molecule has 4 heteroatoms. The molecule has 2 fully saturated rings. The van der Waals surface area contributed by atoms with Gasteiger partial charge in [-0.05, 0) is 25.7 Å². The van der Waals surface area contributed by atoms with E-state index < -0.39 is 11.4 Å². The molecule has 16 heavy (non-hydrogen) atoms. The summed E-state index contributed by atoms with van der Waals surface area (Å²) < 4.78 is 0. The Labute approximate surface area is 95.6 Å². The van der Waals surface area contributed by atoms with Crippen LogP contribution in [0.25, 0.3) is 0 Å². The molecule has 1 heterocycles. The maximum atomic E-state index is 12.2. The number of hydrogen-bond acceptors (Lipinski definition) is 2. The summed E-state index contributed by atoms with van der Waals surface area (Å²) in [5.74, 6) is -0.752. The minimum Gasteiger partial charge on any atom is -0.481 e. The Hall–Kier alpha value is -1.06. The van der Waals surface area contributed by atoms with Crippen molar-refractivity contribution in [3.05, 3.63) is 0 Å². The number of amides is 1. The fourth-order valence-electron chi connectivity index (χ4n) is 2.52. The van der Waals surface area contributed by atoms with Gasteiger partial charge in [-0.1, -0.05) is 12.8 Å². The highest BCUT2D eigenvalue weighted by Crippen LogP contribution is 2.50. The molecule has 1 saturated heterocycles. The highest BCUT2D eigenvalue weighted by Gasteiger charge is 2.52. The third-order valence-corrected chi connectivity index (χ3v) is 3.69. The standard InChI is InChI=1S/C12H19NO3/c14-10(15)9-12(5-6-12)11(16)13-7-3-1-2-4-8-13/h1-9H2,(H,14,15). The lowest BCUT2D eigenvalue weighted by molar-refractivity contribution is -0.145. The van der Waals surface area contributed by atoms with Crippen molar-refractivity contribution in [2.75, 3.05) is 13.1 Å². The number of carboxylic acid groups (broad SMARTS) is 1. The van der Waals surface area contributed by atoms with Crippen molar-refractivity contribution in [1.29, 1.82) is 0 Å². The van der Waals surface area contributed by atoms with Crippen LogP contribution in [0.1, 0.15) is 44.9 Å². The predicted molar refractivity (Wildman–Crippen MR) is 59.0 cm³/mol. The topological polar surface area (TPSA) is 57.6 Å². The molecule has 0 bridgehead atoms. The van der Waals surface area contributed by atoms with E-state index in [1.165, 1.54) is 12.8 Å². The van der Waals surface area contributed by atoms with Gasteiger partial charge < -0.3 is 10.0 Å². The van der Waals surface area contributed by atoms with Gasteiger partial charge in [-0.2, -0.15) is 0 Å². The van der Waals surface area contributed by atoms with Crippen molar-refractivity contribution < 1.29 is 14.7 Å². The molecule has 1 N–H and O–H groups in total. The highest BCUT2D eigenvalue weighted by molar-refractivity contribution is 5.89. The van der Waals surface area contributed by atoms with Gasteiger partial charge in [0.2, 0.25) is 5.91 Å². The van der Waals surface area contributed by atoms with Crippen LogP contribution in [0.5, 0.6) is 0 Å². The van der Waals surface area contributed by atoms with Gasteiger partial charge in [0.15, 0.2) is 0 Å². The number of carbonyl (C=O) groups is 2. The quantitative estimate of drug-likeness (QED) is 0.794. The molecule has 0 aromatic rings. The first-order chi connectivity index (χ1) is 7.64. The van der Waals surface area contributed by atoms with E-state index in [1.54, 1.807) is 0 Å². The number of carboxylic acids is 1. The van der Waals surface area contributed by atoms with E-state index in [4.69, 9.17) is 5.11 Å². The Bertz CT molecular complexity index is 289. The number of rotatable bonds is 3. The van der Waals surface area contributed by atoms with Gasteiger partial charge in [0.05, 0.1) is 11.8 Å². The van der Waals surface area contributed by atoms with E-state index in [9.17, 15) is 9.59 Å². The maximum Gasteiger partial charge on any atom is 0.304 e. The van der Waals surface area contributed by atoms with Gasteiger partial charge in [-0.3, -0.25) is 9.59 Å². The van der Waals surface area contributed by atoms with E-state index >= 15 is 0 Å². The second kappa shape index (κ2) is 4.44. The van der Waals surface area contributed by atoms with Crippen LogP contribution in [0.2, 0.25) is 0 Å². The zero-order valence-electron chi connectivity index (χ0n) is 9.57. The van der Waals surface area contributed by atoms with Gasteiger partial charge in [0, 0.05) is 13.1 Å². The van der Waals surface area contributed by atoms with Crippen LogP contribution in [0.3, 0.4) is 0 Å². The summed E-state index contributed by atoms with van der Waals surface area (Å²) in [5.41, 5.74) is -0.532.